The monoisotopic (exact) mass is 251 g/mol. The molecule has 5 heteroatoms. The number of benzene rings is 1. The van der Waals surface area contributed by atoms with E-state index in [0.717, 1.165) is 10.6 Å². The van der Waals surface area contributed by atoms with Crippen molar-refractivity contribution in [1.82, 2.24) is 5.16 Å². The van der Waals surface area contributed by atoms with E-state index in [9.17, 15) is 5.11 Å². The highest BCUT2D eigenvalue weighted by molar-refractivity contribution is 7.98. The fourth-order valence-electron chi connectivity index (χ4n) is 1.37. The highest BCUT2D eigenvalue weighted by Crippen LogP contribution is 2.30. The maximum absolute atomic E-state index is 9.59. The number of para-hydroxylation sites is 1. The molecular formula is C12H13NO3S. The SMILES string of the molecule is COCc1cc(CSc2ccccc2O)no1. The van der Waals surface area contributed by atoms with Crippen LogP contribution in [0.25, 0.3) is 0 Å². The van der Waals surface area contributed by atoms with Gasteiger partial charge in [-0.1, -0.05) is 17.3 Å². The summed E-state index contributed by atoms with van der Waals surface area (Å²) in [6, 6.07) is 9.08. The number of ether oxygens (including phenoxy) is 1. The van der Waals surface area contributed by atoms with Gasteiger partial charge in [0.2, 0.25) is 0 Å². The Morgan fingerprint density at radius 3 is 3.00 bits per heavy atom. The molecule has 1 heterocycles. The predicted molar refractivity (Wildman–Crippen MR) is 64.9 cm³/mol. The summed E-state index contributed by atoms with van der Waals surface area (Å²) in [6.45, 7) is 0.425. The summed E-state index contributed by atoms with van der Waals surface area (Å²) >= 11 is 1.52. The van der Waals surface area contributed by atoms with Crippen LogP contribution >= 0.6 is 11.8 Å². The van der Waals surface area contributed by atoms with Gasteiger partial charge in [-0.15, -0.1) is 11.8 Å². The maximum atomic E-state index is 9.59. The number of rotatable bonds is 5. The van der Waals surface area contributed by atoms with Crippen LogP contribution in [0.4, 0.5) is 0 Å². The lowest BCUT2D eigenvalue weighted by Gasteiger charge is -2.01. The second-order valence-electron chi connectivity index (χ2n) is 3.47. The Bertz CT molecular complexity index is 484. The minimum absolute atomic E-state index is 0.290. The molecule has 2 rings (SSSR count). The van der Waals surface area contributed by atoms with E-state index in [1.54, 1.807) is 19.2 Å². The Morgan fingerprint density at radius 1 is 1.41 bits per heavy atom. The lowest BCUT2D eigenvalue weighted by Crippen LogP contribution is -1.82. The molecule has 90 valence electrons. The van der Waals surface area contributed by atoms with Crippen LogP contribution in [0.2, 0.25) is 0 Å². The van der Waals surface area contributed by atoms with Crippen molar-refractivity contribution < 1.29 is 14.4 Å². The van der Waals surface area contributed by atoms with Crippen LogP contribution in [0.5, 0.6) is 5.75 Å². The third kappa shape index (κ3) is 3.25. The van der Waals surface area contributed by atoms with Gasteiger partial charge in [0.15, 0.2) is 5.76 Å². The minimum Gasteiger partial charge on any atom is -0.507 e. The Labute approximate surface area is 104 Å². The topological polar surface area (TPSA) is 55.5 Å². The molecule has 17 heavy (non-hydrogen) atoms. The van der Waals surface area contributed by atoms with Crippen molar-refractivity contribution in [2.24, 2.45) is 0 Å². The van der Waals surface area contributed by atoms with Crippen molar-refractivity contribution in [3.63, 3.8) is 0 Å². The van der Waals surface area contributed by atoms with Crippen LogP contribution in [0.3, 0.4) is 0 Å². The molecule has 0 aliphatic carbocycles. The first kappa shape index (κ1) is 12.0. The highest BCUT2D eigenvalue weighted by atomic mass is 32.2. The fourth-order valence-corrected chi connectivity index (χ4v) is 2.20. The Kier molecular flexibility index (Phi) is 4.06. The number of methoxy groups -OCH3 is 1. The van der Waals surface area contributed by atoms with Crippen molar-refractivity contribution >= 4 is 11.8 Å². The molecule has 0 fully saturated rings. The molecule has 2 aromatic rings. The Hall–Kier alpha value is -1.46. The third-order valence-electron chi connectivity index (χ3n) is 2.14. The molecule has 0 aliphatic rings. The molecule has 0 saturated carbocycles. The largest absolute Gasteiger partial charge is 0.507 e. The number of hydrogen-bond acceptors (Lipinski definition) is 5. The summed E-state index contributed by atoms with van der Waals surface area (Å²) in [7, 11) is 1.61. The summed E-state index contributed by atoms with van der Waals surface area (Å²) in [6.07, 6.45) is 0. The number of aromatic hydroxyl groups is 1. The van der Waals surface area contributed by atoms with Crippen LogP contribution < -0.4 is 0 Å². The van der Waals surface area contributed by atoms with E-state index in [1.807, 2.05) is 18.2 Å². The number of phenolic OH excluding ortho intramolecular Hbond substituents is 1. The molecule has 4 nitrogen and oxygen atoms in total. The third-order valence-corrected chi connectivity index (χ3v) is 3.23. The molecule has 1 aromatic heterocycles. The second-order valence-corrected chi connectivity index (χ2v) is 4.49. The summed E-state index contributed by atoms with van der Waals surface area (Å²) in [5.41, 5.74) is 0.838. The van der Waals surface area contributed by atoms with Crippen molar-refractivity contribution in [1.29, 1.82) is 0 Å². The first-order valence-electron chi connectivity index (χ1n) is 5.14. The zero-order valence-corrected chi connectivity index (χ0v) is 10.2. The number of aromatic nitrogens is 1. The fraction of sp³-hybridized carbons (Fsp3) is 0.250. The molecule has 0 spiro atoms. The molecular weight excluding hydrogens is 238 g/mol. The summed E-state index contributed by atoms with van der Waals surface area (Å²) in [5, 5.41) is 13.5. The van der Waals surface area contributed by atoms with Crippen molar-refractivity contribution in [2.45, 2.75) is 17.3 Å². The molecule has 0 amide bonds. The van der Waals surface area contributed by atoms with Crippen LogP contribution in [0.15, 0.2) is 39.8 Å². The van der Waals surface area contributed by atoms with Gasteiger partial charge in [0, 0.05) is 23.8 Å². The summed E-state index contributed by atoms with van der Waals surface area (Å²) < 4.78 is 10.0. The van der Waals surface area contributed by atoms with E-state index in [4.69, 9.17) is 9.26 Å². The van der Waals surface area contributed by atoms with Gasteiger partial charge in [0.1, 0.15) is 12.4 Å². The van der Waals surface area contributed by atoms with Crippen molar-refractivity contribution in [2.75, 3.05) is 7.11 Å². The van der Waals surface area contributed by atoms with Gasteiger partial charge < -0.3 is 14.4 Å². The summed E-state index contributed by atoms with van der Waals surface area (Å²) in [5.74, 6) is 1.66. The van der Waals surface area contributed by atoms with E-state index in [0.29, 0.717) is 18.1 Å². The lowest BCUT2D eigenvalue weighted by molar-refractivity contribution is 0.156. The molecule has 0 atom stereocenters. The standard InChI is InChI=1S/C12H13NO3S/c1-15-7-10-6-9(13-16-10)8-17-12-5-3-2-4-11(12)14/h2-6,14H,7-8H2,1H3. The number of phenols is 1. The molecule has 1 N–H and O–H groups in total. The number of hydrogen-bond donors (Lipinski definition) is 1. The zero-order chi connectivity index (χ0) is 12.1. The number of nitrogens with zero attached hydrogens (tertiary/aromatic N) is 1. The van der Waals surface area contributed by atoms with Crippen LogP contribution in [-0.4, -0.2) is 17.4 Å². The van der Waals surface area contributed by atoms with Crippen molar-refractivity contribution in [3.8, 4) is 5.75 Å². The minimum atomic E-state index is 0.290. The van der Waals surface area contributed by atoms with E-state index in [-0.39, 0.29) is 5.75 Å². The predicted octanol–water partition coefficient (Wildman–Crippen LogP) is 2.82. The smallest absolute Gasteiger partial charge is 0.162 e. The van der Waals surface area contributed by atoms with E-state index in [2.05, 4.69) is 5.16 Å². The van der Waals surface area contributed by atoms with Crippen LogP contribution in [0.1, 0.15) is 11.5 Å². The molecule has 1 aromatic carbocycles. The molecule has 0 unspecified atom stereocenters. The van der Waals surface area contributed by atoms with Gasteiger partial charge in [0.05, 0.1) is 5.69 Å². The van der Waals surface area contributed by atoms with Crippen LogP contribution in [0, 0.1) is 0 Å². The average Bonchev–Trinajstić information content (AvgIpc) is 2.76. The van der Waals surface area contributed by atoms with E-state index in [1.165, 1.54) is 11.8 Å². The van der Waals surface area contributed by atoms with Gasteiger partial charge in [-0.2, -0.15) is 0 Å². The van der Waals surface area contributed by atoms with Crippen molar-refractivity contribution in [3.05, 3.63) is 41.8 Å². The van der Waals surface area contributed by atoms with Gasteiger partial charge in [-0.3, -0.25) is 0 Å². The first-order valence-corrected chi connectivity index (χ1v) is 6.12. The lowest BCUT2D eigenvalue weighted by atomic mass is 10.3. The van der Waals surface area contributed by atoms with Gasteiger partial charge >= 0.3 is 0 Å². The van der Waals surface area contributed by atoms with E-state index >= 15 is 0 Å². The second kappa shape index (κ2) is 5.75. The van der Waals surface area contributed by atoms with Gasteiger partial charge in [-0.05, 0) is 12.1 Å². The zero-order valence-electron chi connectivity index (χ0n) is 9.42. The molecule has 0 radical (unpaired) electrons. The molecule has 0 saturated heterocycles. The molecule has 0 bridgehead atoms. The number of thioether (sulfide) groups is 1. The summed E-state index contributed by atoms with van der Waals surface area (Å²) in [4.78, 5) is 0.837. The molecule has 0 aliphatic heterocycles. The van der Waals surface area contributed by atoms with Gasteiger partial charge in [0.25, 0.3) is 0 Å². The highest BCUT2D eigenvalue weighted by Gasteiger charge is 2.06. The Morgan fingerprint density at radius 2 is 2.24 bits per heavy atom. The average molecular weight is 251 g/mol. The normalized spacial score (nSPS) is 10.6. The van der Waals surface area contributed by atoms with E-state index < -0.39 is 0 Å². The first-order chi connectivity index (χ1) is 8.29. The maximum Gasteiger partial charge on any atom is 0.162 e. The van der Waals surface area contributed by atoms with Gasteiger partial charge in [-0.25, -0.2) is 0 Å². The Balaban J connectivity index is 1.95. The quantitative estimate of drug-likeness (QED) is 0.828. The van der Waals surface area contributed by atoms with Crippen LogP contribution in [-0.2, 0) is 17.1 Å².